The van der Waals surface area contributed by atoms with Crippen LogP contribution in [0.4, 0.5) is 11.4 Å². The van der Waals surface area contributed by atoms with E-state index in [1.165, 1.54) is 5.56 Å². The molecule has 0 spiro atoms. The number of nitrogens with one attached hydrogen (secondary N) is 2. The SMILES string of the molecule is Cc1ccc(NC(N)=NCc2cccc(NC(=O)C3CCCO3)c2)cc1. The van der Waals surface area contributed by atoms with Gasteiger partial charge in [0.1, 0.15) is 6.10 Å². The van der Waals surface area contributed by atoms with Gasteiger partial charge in [-0.2, -0.15) is 0 Å². The predicted molar refractivity (Wildman–Crippen MR) is 104 cm³/mol. The molecule has 6 heteroatoms. The summed E-state index contributed by atoms with van der Waals surface area (Å²) in [5.41, 5.74) is 9.73. The van der Waals surface area contributed by atoms with Gasteiger partial charge in [-0.3, -0.25) is 4.79 Å². The second-order valence-corrected chi connectivity index (χ2v) is 6.38. The molecule has 1 atom stereocenters. The van der Waals surface area contributed by atoms with Gasteiger partial charge in [0.15, 0.2) is 5.96 Å². The Hall–Kier alpha value is -2.86. The van der Waals surface area contributed by atoms with Crippen molar-refractivity contribution in [2.75, 3.05) is 17.2 Å². The Labute approximate surface area is 153 Å². The molecule has 2 aromatic rings. The Bertz CT molecular complexity index is 781. The van der Waals surface area contributed by atoms with Crippen LogP contribution in [-0.4, -0.2) is 24.6 Å². The average Bonchev–Trinajstić information content (AvgIpc) is 3.17. The lowest BCUT2D eigenvalue weighted by atomic mass is 10.2. The highest BCUT2D eigenvalue weighted by Crippen LogP contribution is 2.16. The molecule has 0 bridgehead atoms. The molecule has 26 heavy (non-hydrogen) atoms. The lowest BCUT2D eigenvalue weighted by molar-refractivity contribution is -0.124. The monoisotopic (exact) mass is 352 g/mol. The Balaban J connectivity index is 1.57. The maximum atomic E-state index is 12.1. The summed E-state index contributed by atoms with van der Waals surface area (Å²) in [4.78, 5) is 16.5. The molecule has 0 aliphatic carbocycles. The molecule has 1 amide bonds. The number of nitrogens with zero attached hydrogens (tertiary/aromatic N) is 1. The first kappa shape index (κ1) is 17.9. The van der Waals surface area contributed by atoms with Crippen LogP contribution in [-0.2, 0) is 16.1 Å². The third kappa shape index (κ3) is 5.07. The van der Waals surface area contributed by atoms with Crippen molar-refractivity contribution in [3.63, 3.8) is 0 Å². The molecule has 0 radical (unpaired) electrons. The van der Waals surface area contributed by atoms with Crippen molar-refractivity contribution < 1.29 is 9.53 Å². The number of carbonyl (C=O) groups excluding carboxylic acids is 1. The second kappa shape index (κ2) is 8.49. The Kier molecular flexibility index (Phi) is 5.86. The van der Waals surface area contributed by atoms with Crippen LogP contribution in [0.25, 0.3) is 0 Å². The zero-order chi connectivity index (χ0) is 18.4. The van der Waals surface area contributed by atoms with E-state index in [9.17, 15) is 4.79 Å². The van der Waals surface area contributed by atoms with E-state index in [0.717, 1.165) is 29.8 Å². The molecule has 1 saturated heterocycles. The van der Waals surface area contributed by atoms with Gasteiger partial charge in [-0.1, -0.05) is 29.8 Å². The van der Waals surface area contributed by atoms with Crippen LogP contribution in [0.2, 0.25) is 0 Å². The van der Waals surface area contributed by atoms with Crippen molar-refractivity contribution in [2.24, 2.45) is 10.7 Å². The number of hydrogen-bond acceptors (Lipinski definition) is 3. The maximum absolute atomic E-state index is 12.1. The Morgan fingerprint density at radius 2 is 2.00 bits per heavy atom. The number of aliphatic imine (C=N–C) groups is 1. The maximum Gasteiger partial charge on any atom is 0.253 e. The lowest BCUT2D eigenvalue weighted by Gasteiger charge is -2.11. The molecule has 1 heterocycles. The molecule has 6 nitrogen and oxygen atoms in total. The number of benzene rings is 2. The Morgan fingerprint density at radius 1 is 1.19 bits per heavy atom. The molecule has 0 aromatic heterocycles. The summed E-state index contributed by atoms with van der Waals surface area (Å²) in [5, 5.41) is 5.96. The number of nitrogens with two attached hydrogens (primary N) is 1. The van der Waals surface area contributed by atoms with Crippen molar-refractivity contribution in [1.82, 2.24) is 0 Å². The van der Waals surface area contributed by atoms with Crippen molar-refractivity contribution in [3.05, 3.63) is 59.7 Å². The van der Waals surface area contributed by atoms with Crippen LogP contribution in [0.5, 0.6) is 0 Å². The highest BCUT2D eigenvalue weighted by atomic mass is 16.5. The minimum Gasteiger partial charge on any atom is -0.370 e. The highest BCUT2D eigenvalue weighted by Gasteiger charge is 2.23. The molecule has 1 aliphatic heterocycles. The first-order valence-corrected chi connectivity index (χ1v) is 8.75. The van der Waals surface area contributed by atoms with Gasteiger partial charge in [-0.05, 0) is 49.6 Å². The molecular formula is C20H24N4O2. The summed E-state index contributed by atoms with van der Waals surface area (Å²) >= 11 is 0. The van der Waals surface area contributed by atoms with Crippen molar-refractivity contribution >= 4 is 23.2 Å². The fraction of sp³-hybridized carbons (Fsp3) is 0.300. The highest BCUT2D eigenvalue weighted by molar-refractivity contribution is 5.94. The summed E-state index contributed by atoms with van der Waals surface area (Å²) in [7, 11) is 0. The average molecular weight is 352 g/mol. The summed E-state index contributed by atoms with van der Waals surface area (Å²) in [6.07, 6.45) is 1.36. The molecule has 2 aromatic carbocycles. The zero-order valence-electron chi connectivity index (χ0n) is 14.9. The summed E-state index contributed by atoms with van der Waals surface area (Å²) in [6.45, 7) is 3.11. The van der Waals surface area contributed by atoms with E-state index >= 15 is 0 Å². The van der Waals surface area contributed by atoms with E-state index < -0.39 is 0 Å². The molecule has 1 fully saturated rings. The van der Waals surface area contributed by atoms with E-state index in [1.54, 1.807) is 0 Å². The smallest absolute Gasteiger partial charge is 0.253 e. The van der Waals surface area contributed by atoms with Gasteiger partial charge in [0.25, 0.3) is 5.91 Å². The fourth-order valence-electron chi connectivity index (χ4n) is 2.76. The van der Waals surface area contributed by atoms with Crippen LogP contribution in [0.15, 0.2) is 53.5 Å². The lowest BCUT2D eigenvalue weighted by Crippen LogP contribution is -2.26. The number of guanidine groups is 1. The van der Waals surface area contributed by atoms with Crippen LogP contribution < -0.4 is 16.4 Å². The van der Waals surface area contributed by atoms with Gasteiger partial charge in [-0.15, -0.1) is 0 Å². The second-order valence-electron chi connectivity index (χ2n) is 6.38. The van der Waals surface area contributed by atoms with Gasteiger partial charge in [0, 0.05) is 18.0 Å². The summed E-state index contributed by atoms with van der Waals surface area (Å²) < 4.78 is 5.40. The van der Waals surface area contributed by atoms with Crippen LogP contribution in [0.3, 0.4) is 0 Å². The minimum atomic E-state index is -0.342. The third-order valence-electron chi connectivity index (χ3n) is 4.17. The molecule has 1 aliphatic rings. The van der Waals surface area contributed by atoms with Gasteiger partial charge in [0.2, 0.25) is 0 Å². The quantitative estimate of drug-likeness (QED) is 0.570. The Morgan fingerprint density at radius 3 is 2.73 bits per heavy atom. The van der Waals surface area contributed by atoms with E-state index in [1.807, 2.05) is 55.5 Å². The molecule has 4 N–H and O–H groups in total. The number of amides is 1. The largest absolute Gasteiger partial charge is 0.370 e. The number of anilines is 2. The molecule has 0 saturated carbocycles. The predicted octanol–water partition coefficient (Wildman–Crippen LogP) is 3.04. The number of aryl methyl sites for hydroxylation is 1. The standard InChI is InChI=1S/C20H24N4O2/c1-14-7-9-16(10-8-14)24-20(21)22-13-15-4-2-5-17(12-15)23-19(25)18-6-3-11-26-18/h2,4-5,7-10,12,18H,3,6,11,13H2,1H3,(H,23,25)(H3,21,22,24). The van der Waals surface area contributed by atoms with Crippen molar-refractivity contribution in [1.29, 1.82) is 0 Å². The van der Waals surface area contributed by atoms with E-state index in [0.29, 0.717) is 19.1 Å². The zero-order valence-corrected chi connectivity index (χ0v) is 14.9. The first-order chi connectivity index (χ1) is 12.6. The first-order valence-electron chi connectivity index (χ1n) is 8.75. The van der Waals surface area contributed by atoms with Gasteiger partial charge in [-0.25, -0.2) is 4.99 Å². The normalized spacial score (nSPS) is 17.1. The number of hydrogen-bond donors (Lipinski definition) is 3. The number of carbonyl (C=O) groups is 1. The minimum absolute atomic E-state index is 0.0938. The molecular weight excluding hydrogens is 328 g/mol. The van der Waals surface area contributed by atoms with Crippen LogP contribution >= 0.6 is 0 Å². The van der Waals surface area contributed by atoms with E-state index in [-0.39, 0.29) is 12.0 Å². The summed E-state index contributed by atoms with van der Waals surface area (Å²) in [5.74, 6) is 0.256. The number of rotatable bonds is 5. The topological polar surface area (TPSA) is 88.7 Å². The fourth-order valence-corrected chi connectivity index (χ4v) is 2.76. The van der Waals surface area contributed by atoms with Crippen molar-refractivity contribution in [2.45, 2.75) is 32.4 Å². The van der Waals surface area contributed by atoms with Gasteiger partial charge in [0.05, 0.1) is 6.54 Å². The molecule has 1 unspecified atom stereocenters. The molecule has 3 rings (SSSR count). The van der Waals surface area contributed by atoms with Gasteiger partial charge >= 0.3 is 0 Å². The van der Waals surface area contributed by atoms with Crippen LogP contribution in [0.1, 0.15) is 24.0 Å². The van der Waals surface area contributed by atoms with E-state index in [2.05, 4.69) is 15.6 Å². The third-order valence-corrected chi connectivity index (χ3v) is 4.17. The van der Waals surface area contributed by atoms with Gasteiger partial charge < -0.3 is 21.1 Å². The van der Waals surface area contributed by atoms with Crippen LogP contribution in [0, 0.1) is 6.92 Å². The molecule has 136 valence electrons. The summed E-state index contributed by atoms with van der Waals surface area (Å²) in [6, 6.07) is 15.5. The van der Waals surface area contributed by atoms with Crippen molar-refractivity contribution in [3.8, 4) is 0 Å². The number of ether oxygens (including phenoxy) is 1. The van der Waals surface area contributed by atoms with E-state index in [4.69, 9.17) is 10.5 Å².